The van der Waals surface area contributed by atoms with E-state index < -0.39 is 6.10 Å². The summed E-state index contributed by atoms with van der Waals surface area (Å²) in [6.45, 7) is 8.36. The number of para-hydroxylation sites is 1. The maximum atomic E-state index is 12.4. The first-order valence-corrected chi connectivity index (χ1v) is 9.90. The van der Waals surface area contributed by atoms with Crippen LogP contribution in [-0.2, 0) is 4.79 Å². The molecule has 2 unspecified atom stereocenters. The number of anilines is 1. The number of benzene rings is 2. The average Bonchev–Trinajstić information content (AvgIpc) is 2.69. The molecule has 4 heteroatoms. The van der Waals surface area contributed by atoms with Crippen molar-refractivity contribution in [1.82, 2.24) is 5.32 Å². The number of rotatable bonds is 6. The van der Waals surface area contributed by atoms with Crippen LogP contribution in [0.3, 0.4) is 0 Å². The van der Waals surface area contributed by atoms with Gasteiger partial charge in [0.25, 0.3) is 5.91 Å². The predicted octanol–water partition coefficient (Wildman–Crippen LogP) is 4.57. The fourth-order valence-electron chi connectivity index (χ4n) is 3.41. The molecule has 0 spiro atoms. The SMILES string of the molecule is CC1CCN(c2ccc(C(C)NC(=O)C(C)Oc3ccccc3)cc2)CC1. The van der Waals surface area contributed by atoms with Crippen LogP contribution < -0.4 is 15.0 Å². The van der Waals surface area contributed by atoms with E-state index in [4.69, 9.17) is 4.74 Å². The second-order valence-electron chi connectivity index (χ2n) is 7.56. The largest absolute Gasteiger partial charge is 0.481 e. The molecule has 0 radical (unpaired) electrons. The third-order valence-corrected chi connectivity index (χ3v) is 5.33. The van der Waals surface area contributed by atoms with Gasteiger partial charge in [0, 0.05) is 18.8 Å². The van der Waals surface area contributed by atoms with Gasteiger partial charge in [-0.3, -0.25) is 4.79 Å². The second-order valence-corrected chi connectivity index (χ2v) is 7.56. The molecule has 27 heavy (non-hydrogen) atoms. The van der Waals surface area contributed by atoms with Gasteiger partial charge in [-0.15, -0.1) is 0 Å². The molecule has 2 aromatic carbocycles. The molecule has 0 aromatic heterocycles. The molecule has 1 aliphatic heterocycles. The van der Waals surface area contributed by atoms with Gasteiger partial charge in [-0.2, -0.15) is 0 Å². The second kappa shape index (κ2) is 8.94. The van der Waals surface area contributed by atoms with Crippen molar-refractivity contribution in [2.45, 2.75) is 45.8 Å². The Labute approximate surface area is 162 Å². The van der Waals surface area contributed by atoms with E-state index in [9.17, 15) is 4.79 Å². The number of nitrogens with one attached hydrogen (secondary N) is 1. The Kier molecular flexibility index (Phi) is 6.38. The first-order valence-electron chi connectivity index (χ1n) is 9.90. The Morgan fingerprint density at radius 2 is 1.67 bits per heavy atom. The minimum atomic E-state index is -0.538. The molecule has 2 aromatic rings. The van der Waals surface area contributed by atoms with Crippen LogP contribution in [0, 0.1) is 5.92 Å². The van der Waals surface area contributed by atoms with Crippen molar-refractivity contribution in [3.63, 3.8) is 0 Å². The summed E-state index contributed by atoms with van der Waals surface area (Å²) in [6, 6.07) is 17.9. The first-order chi connectivity index (χ1) is 13.0. The van der Waals surface area contributed by atoms with Crippen LogP contribution in [0.2, 0.25) is 0 Å². The van der Waals surface area contributed by atoms with E-state index in [-0.39, 0.29) is 11.9 Å². The van der Waals surface area contributed by atoms with Gasteiger partial charge in [0.05, 0.1) is 6.04 Å². The van der Waals surface area contributed by atoms with E-state index in [2.05, 4.69) is 41.4 Å². The molecule has 1 amide bonds. The van der Waals surface area contributed by atoms with Crippen LogP contribution in [0.4, 0.5) is 5.69 Å². The summed E-state index contributed by atoms with van der Waals surface area (Å²) >= 11 is 0. The van der Waals surface area contributed by atoms with Crippen molar-refractivity contribution in [3.8, 4) is 5.75 Å². The zero-order valence-electron chi connectivity index (χ0n) is 16.5. The summed E-state index contributed by atoms with van der Waals surface area (Å²) in [5.41, 5.74) is 2.37. The average molecular weight is 367 g/mol. The van der Waals surface area contributed by atoms with Gasteiger partial charge in [0.2, 0.25) is 0 Å². The maximum absolute atomic E-state index is 12.4. The van der Waals surface area contributed by atoms with Crippen LogP contribution in [-0.4, -0.2) is 25.1 Å². The molecule has 144 valence electrons. The monoisotopic (exact) mass is 366 g/mol. The van der Waals surface area contributed by atoms with Crippen molar-refractivity contribution in [2.24, 2.45) is 5.92 Å². The van der Waals surface area contributed by atoms with Gasteiger partial charge in [-0.05, 0) is 62.4 Å². The minimum Gasteiger partial charge on any atom is -0.481 e. The lowest BCUT2D eigenvalue weighted by atomic mass is 9.98. The molecule has 0 bridgehead atoms. The van der Waals surface area contributed by atoms with Crippen molar-refractivity contribution in [1.29, 1.82) is 0 Å². The van der Waals surface area contributed by atoms with E-state index >= 15 is 0 Å². The summed E-state index contributed by atoms with van der Waals surface area (Å²) in [6.07, 6.45) is 1.98. The van der Waals surface area contributed by atoms with Crippen LogP contribution in [0.1, 0.15) is 45.2 Å². The summed E-state index contributed by atoms with van der Waals surface area (Å²) in [5, 5.41) is 3.04. The zero-order chi connectivity index (χ0) is 19.2. The molecular formula is C23H30N2O2. The number of hydrogen-bond acceptors (Lipinski definition) is 3. The Hall–Kier alpha value is -2.49. The van der Waals surface area contributed by atoms with E-state index in [1.807, 2.05) is 37.3 Å². The van der Waals surface area contributed by atoms with Crippen LogP contribution in [0.15, 0.2) is 54.6 Å². The summed E-state index contributed by atoms with van der Waals surface area (Å²) in [5.74, 6) is 1.42. The number of piperidine rings is 1. The van der Waals surface area contributed by atoms with Crippen LogP contribution in [0.25, 0.3) is 0 Å². The Morgan fingerprint density at radius 1 is 1.04 bits per heavy atom. The molecule has 1 heterocycles. The maximum Gasteiger partial charge on any atom is 0.261 e. The van der Waals surface area contributed by atoms with Crippen molar-refractivity contribution < 1.29 is 9.53 Å². The first kappa shape index (κ1) is 19.3. The summed E-state index contributed by atoms with van der Waals surface area (Å²) < 4.78 is 5.70. The number of ether oxygens (including phenoxy) is 1. The molecule has 1 fully saturated rings. The van der Waals surface area contributed by atoms with Crippen molar-refractivity contribution in [3.05, 3.63) is 60.2 Å². The van der Waals surface area contributed by atoms with Gasteiger partial charge in [0.15, 0.2) is 6.10 Å². The van der Waals surface area contributed by atoms with Crippen LogP contribution in [0.5, 0.6) is 5.75 Å². The number of carbonyl (C=O) groups is 1. The lowest BCUT2D eigenvalue weighted by Gasteiger charge is -2.32. The van der Waals surface area contributed by atoms with E-state index in [1.54, 1.807) is 6.92 Å². The van der Waals surface area contributed by atoms with Crippen molar-refractivity contribution >= 4 is 11.6 Å². The molecule has 0 aliphatic carbocycles. The molecule has 0 saturated carbocycles. The molecule has 2 atom stereocenters. The van der Waals surface area contributed by atoms with Gasteiger partial charge >= 0.3 is 0 Å². The molecule has 1 aliphatic rings. The van der Waals surface area contributed by atoms with E-state index in [0.717, 1.165) is 24.6 Å². The fourth-order valence-corrected chi connectivity index (χ4v) is 3.41. The van der Waals surface area contributed by atoms with Gasteiger partial charge in [-0.1, -0.05) is 37.3 Å². The normalized spacial score (nSPS) is 17.2. The smallest absolute Gasteiger partial charge is 0.261 e. The highest BCUT2D eigenvalue weighted by atomic mass is 16.5. The van der Waals surface area contributed by atoms with Crippen molar-refractivity contribution in [2.75, 3.05) is 18.0 Å². The highest BCUT2D eigenvalue weighted by Gasteiger charge is 2.19. The van der Waals surface area contributed by atoms with E-state index in [0.29, 0.717) is 5.75 Å². The Morgan fingerprint density at radius 3 is 2.30 bits per heavy atom. The van der Waals surface area contributed by atoms with Gasteiger partial charge in [0.1, 0.15) is 5.75 Å². The lowest BCUT2D eigenvalue weighted by molar-refractivity contribution is -0.127. The molecule has 3 rings (SSSR count). The lowest BCUT2D eigenvalue weighted by Crippen LogP contribution is -2.37. The van der Waals surface area contributed by atoms with Crippen LogP contribution >= 0.6 is 0 Å². The third kappa shape index (κ3) is 5.25. The number of carbonyl (C=O) groups excluding carboxylic acids is 1. The molecule has 1 saturated heterocycles. The minimum absolute atomic E-state index is 0.0604. The summed E-state index contributed by atoms with van der Waals surface area (Å²) in [7, 11) is 0. The quantitative estimate of drug-likeness (QED) is 0.814. The van der Waals surface area contributed by atoms with Gasteiger partial charge < -0.3 is 15.0 Å². The predicted molar refractivity (Wildman–Crippen MR) is 110 cm³/mol. The number of amides is 1. The Balaban J connectivity index is 1.54. The topological polar surface area (TPSA) is 41.6 Å². The number of nitrogens with zero attached hydrogens (tertiary/aromatic N) is 1. The highest BCUT2D eigenvalue weighted by Crippen LogP contribution is 2.24. The number of hydrogen-bond donors (Lipinski definition) is 1. The fraction of sp³-hybridized carbons (Fsp3) is 0.435. The summed E-state index contributed by atoms with van der Waals surface area (Å²) in [4.78, 5) is 14.9. The van der Waals surface area contributed by atoms with Gasteiger partial charge in [-0.25, -0.2) is 0 Å². The van der Waals surface area contributed by atoms with E-state index in [1.165, 1.54) is 18.5 Å². The zero-order valence-corrected chi connectivity index (χ0v) is 16.5. The molecular weight excluding hydrogens is 336 g/mol. The highest BCUT2D eigenvalue weighted by molar-refractivity contribution is 5.81. The third-order valence-electron chi connectivity index (χ3n) is 5.33. The Bertz CT molecular complexity index is 722. The molecule has 1 N–H and O–H groups in total. The molecule has 4 nitrogen and oxygen atoms in total. The standard InChI is InChI=1S/C23H30N2O2/c1-17-13-15-25(16-14-17)21-11-9-20(10-12-21)18(2)24-23(26)19(3)27-22-7-5-4-6-8-22/h4-12,17-19H,13-16H2,1-3H3,(H,24,26).